The molecule has 1 saturated heterocycles. The van der Waals surface area contributed by atoms with E-state index in [2.05, 4.69) is 45.3 Å². The number of ether oxygens (including phenoxy) is 1. The van der Waals surface area contributed by atoms with Crippen LogP contribution in [0.4, 0.5) is 22.0 Å². The lowest BCUT2D eigenvalue weighted by Gasteiger charge is -2.30. The highest BCUT2D eigenvalue weighted by atomic mass is 16.5. The first-order valence-corrected chi connectivity index (χ1v) is 15.1. The molecule has 232 valence electrons. The minimum Gasteiger partial charge on any atom is -0.393 e. The lowest BCUT2D eigenvalue weighted by atomic mass is 10.0. The molecule has 44 heavy (non-hydrogen) atoms. The Labute approximate surface area is 258 Å². The van der Waals surface area contributed by atoms with Crippen molar-refractivity contribution in [3.63, 3.8) is 0 Å². The molecule has 0 aliphatic carbocycles. The molecule has 2 aromatic carbocycles. The number of rotatable bonds is 10. The van der Waals surface area contributed by atoms with E-state index in [9.17, 15) is 14.7 Å². The van der Waals surface area contributed by atoms with Crippen LogP contribution in [0, 0.1) is 0 Å². The van der Waals surface area contributed by atoms with Gasteiger partial charge in [-0.2, -0.15) is 0 Å². The number of hydrogen-bond donors (Lipinski definition) is 3. The van der Waals surface area contributed by atoms with Gasteiger partial charge in [-0.3, -0.25) is 14.3 Å². The van der Waals surface area contributed by atoms with Crippen molar-refractivity contribution in [2.45, 2.75) is 51.4 Å². The number of anilines is 3. The third-order valence-electron chi connectivity index (χ3n) is 8.38. The number of pyridine rings is 1. The molecule has 0 bridgehead atoms. The Morgan fingerprint density at radius 3 is 2.48 bits per heavy atom. The largest absolute Gasteiger partial charge is 0.393 e. The van der Waals surface area contributed by atoms with Gasteiger partial charge in [-0.1, -0.05) is 12.1 Å². The summed E-state index contributed by atoms with van der Waals surface area (Å²) in [6, 6.07) is 19.2. The summed E-state index contributed by atoms with van der Waals surface area (Å²) in [5.74, 6) is 0.220. The quantitative estimate of drug-likeness (QED) is 0.225. The molecule has 0 atom stereocenters. The van der Waals surface area contributed by atoms with Crippen LogP contribution in [0.5, 0.6) is 0 Å². The van der Waals surface area contributed by atoms with Crippen LogP contribution in [-0.2, 0) is 11.3 Å². The molecular weight excluding hydrogens is 556 g/mol. The lowest BCUT2D eigenvalue weighted by Crippen LogP contribution is -2.35. The Kier molecular flexibility index (Phi) is 9.63. The fourth-order valence-corrected chi connectivity index (χ4v) is 5.43. The molecule has 3 N–H and O–H groups in total. The fourth-order valence-electron chi connectivity index (χ4n) is 5.43. The Morgan fingerprint density at radius 2 is 1.77 bits per heavy atom. The molecule has 10 heteroatoms. The van der Waals surface area contributed by atoms with Gasteiger partial charge in [-0.05, 0) is 81.1 Å². The van der Waals surface area contributed by atoms with Crippen molar-refractivity contribution in [2.24, 2.45) is 0 Å². The number of aliphatic hydroxyl groups excluding tert-OH is 1. The maximum absolute atomic E-state index is 13.2. The molecule has 0 spiro atoms. The number of likely N-dealkylation sites (tertiary alicyclic amines) is 1. The maximum Gasteiger partial charge on any atom is 0.325 e. The van der Waals surface area contributed by atoms with Crippen LogP contribution >= 0.6 is 0 Å². The van der Waals surface area contributed by atoms with Crippen molar-refractivity contribution >= 4 is 40.0 Å². The predicted octanol–water partition coefficient (Wildman–Crippen LogP) is 5.39. The van der Waals surface area contributed by atoms with E-state index >= 15 is 0 Å². The number of hydrogen-bond acceptors (Lipinski definition) is 7. The molecular formula is C34H42N6O4. The standard InChI is InChI=1S/C34H42N6O4/c1-34(2,44-4)15-20-39(27-9-10-30-26(21-27)12-19-40(30)33(43)35-3)28-11-16-36-31(22-28)37-32(42)25-7-5-24(6-8-25)23-38-17-13-29(41)14-18-38/h5-12,16,19,21-22,29,41H,13-15,17-18,20,23H2,1-4H3,(H,35,43)(H,36,37,42). The third-order valence-corrected chi connectivity index (χ3v) is 8.38. The number of piperidine rings is 1. The number of carbonyl (C=O) groups excluding carboxylic acids is 2. The fraction of sp³-hybridized carbons (Fsp3) is 0.382. The van der Waals surface area contributed by atoms with Crippen molar-refractivity contribution in [2.75, 3.05) is 44.0 Å². The monoisotopic (exact) mass is 598 g/mol. The topological polar surface area (TPSA) is 112 Å². The van der Waals surface area contributed by atoms with Gasteiger partial charge in [0.15, 0.2) is 0 Å². The maximum atomic E-state index is 13.2. The number of fused-ring (bicyclic) bond motifs is 1. The summed E-state index contributed by atoms with van der Waals surface area (Å²) in [5, 5.41) is 16.3. The minimum atomic E-state index is -0.337. The van der Waals surface area contributed by atoms with Gasteiger partial charge in [0.2, 0.25) is 0 Å². The third kappa shape index (κ3) is 7.45. The zero-order valence-corrected chi connectivity index (χ0v) is 25.9. The van der Waals surface area contributed by atoms with E-state index in [1.807, 2.05) is 54.6 Å². The van der Waals surface area contributed by atoms with Gasteiger partial charge in [0.05, 0.1) is 17.2 Å². The minimum absolute atomic E-state index is 0.194. The Bertz CT molecular complexity index is 1590. The van der Waals surface area contributed by atoms with Crippen LogP contribution in [0.3, 0.4) is 0 Å². The predicted molar refractivity (Wildman–Crippen MR) is 174 cm³/mol. The number of amides is 2. The second-order valence-electron chi connectivity index (χ2n) is 11.9. The van der Waals surface area contributed by atoms with E-state index in [1.54, 1.807) is 31.1 Å². The average Bonchev–Trinajstić information content (AvgIpc) is 3.46. The molecule has 2 aromatic heterocycles. The van der Waals surface area contributed by atoms with Gasteiger partial charge in [-0.25, -0.2) is 9.78 Å². The summed E-state index contributed by atoms with van der Waals surface area (Å²) in [4.78, 5) is 34.4. The van der Waals surface area contributed by atoms with E-state index in [4.69, 9.17) is 4.74 Å². The molecule has 10 nitrogen and oxygen atoms in total. The summed E-state index contributed by atoms with van der Waals surface area (Å²) in [7, 11) is 3.32. The first-order valence-electron chi connectivity index (χ1n) is 15.1. The van der Waals surface area contributed by atoms with E-state index in [0.29, 0.717) is 17.9 Å². The summed E-state index contributed by atoms with van der Waals surface area (Å²) in [6.45, 7) is 7.31. The number of nitrogens with one attached hydrogen (secondary N) is 2. The van der Waals surface area contributed by atoms with Crippen molar-refractivity contribution in [3.05, 3.63) is 84.2 Å². The van der Waals surface area contributed by atoms with Gasteiger partial charge in [0.1, 0.15) is 5.82 Å². The van der Waals surface area contributed by atoms with Crippen LogP contribution in [0.2, 0.25) is 0 Å². The van der Waals surface area contributed by atoms with Crippen LogP contribution in [0.1, 0.15) is 49.0 Å². The molecule has 1 fully saturated rings. The van der Waals surface area contributed by atoms with Crippen LogP contribution < -0.4 is 15.5 Å². The average molecular weight is 599 g/mol. The number of aromatic nitrogens is 2. The summed E-state index contributed by atoms with van der Waals surface area (Å²) in [6.07, 6.45) is 5.60. The number of methoxy groups -OCH3 is 1. The highest BCUT2D eigenvalue weighted by Gasteiger charge is 2.21. The van der Waals surface area contributed by atoms with Crippen molar-refractivity contribution in [3.8, 4) is 0 Å². The second-order valence-corrected chi connectivity index (χ2v) is 11.9. The van der Waals surface area contributed by atoms with E-state index in [1.165, 1.54) is 0 Å². The lowest BCUT2D eigenvalue weighted by molar-refractivity contribution is 0.0176. The van der Waals surface area contributed by atoms with Gasteiger partial charge >= 0.3 is 6.03 Å². The zero-order valence-electron chi connectivity index (χ0n) is 25.9. The Hall–Kier alpha value is -4.25. The molecule has 1 aliphatic heterocycles. The molecule has 2 amide bonds. The Morgan fingerprint density at radius 1 is 1.05 bits per heavy atom. The smallest absolute Gasteiger partial charge is 0.325 e. The summed E-state index contributed by atoms with van der Waals surface area (Å²) >= 11 is 0. The molecule has 3 heterocycles. The number of carbonyl (C=O) groups is 2. The Balaban J connectivity index is 1.34. The highest BCUT2D eigenvalue weighted by Crippen LogP contribution is 2.31. The van der Waals surface area contributed by atoms with Gasteiger partial charge in [0, 0.05) is 81.1 Å². The molecule has 5 rings (SSSR count). The van der Waals surface area contributed by atoms with Gasteiger partial charge in [0.25, 0.3) is 5.91 Å². The number of benzene rings is 2. The SMILES string of the molecule is CNC(=O)n1ccc2cc(N(CCC(C)(C)OC)c3ccnc(NC(=O)c4ccc(CN5CCC(O)CC5)cc4)c3)ccc21. The van der Waals surface area contributed by atoms with Crippen LogP contribution in [0.15, 0.2) is 73.1 Å². The van der Waals surface area contributed by atoms with Crippen LogP contribution in [0.25, 0.3) is 10.9 Å². The number of nitrogens with zero attached hydrogens (tertiary/aromatic N) is 4. The summed E-state index contributed by atoms with van der Waals surface area (Å²) < 4.78 is 7.28. The summed E-state index contributed by atoms with van der Waals surface area (Å²) in [5.41, 5.74) is 3.98. The first kappa shape index (κ1) is 31.2. The van der Waals surface area contributed by atoms with Crippen molar-refractivity contribution in [1.82, 2.24) is 19.8 Å². The second kappa shape index (κ2) is 13.6. The first-order chi connectivity index (χ1) is 21.2. The van der Waals surface area contributed by atoms with Gasteiger partial charge in [-0.15, -0.1) is 0 Å². The van der Waals surface area contributed by atoms with Crippen LogP contribution in [-0.4, -0.2) is 77.0 Å². The normalized spacial score (nSPS) is 14.5. The van der Waals surface area contributed by atoms with Crippen molar-refractivity contribution < 1.29 is 19.4 Å². The molecule has 1 aliphatic rings. The zero-order chi connectivity index (χ0) is 31.3. The molecule has 0 radical (unpaired) electrons. The van der Waals surface area contributed by atoms with E-state index < -0.39 is 0 Å². The van der Waals surface area contributed by atoms with Crippen molar-refractivity contribution in [1.29, 1.82) is 0 Å². The highest BCUT2D eigenvalue weighted by molar-refractivity contribution is 6.04. The van der Waals surface area contributed by atoms with E-state index in [-0.39, 0.29) is 23.6 Å². The van der Waals surface area contributed by atoms with Gasteiger partial charge < -0.3 is 25.4 Å². The molecule has 0 unspecified atom stereocenters. The van der Waals surface area contributed by atoms with E-state index in [0.717, 1.165) is 66.7 Å². The molecule has 4 aromatic rings. The number of aliphatic hydroxyl groups is 1. The molecule has 0 saturated carbocycles.